The zero-order chi connectivity index (χ0) is 21.6. The van der Waals surface area contributed by atoms with Crippen molar-refractivity contribution in [3.8, 4) is 11.1 Å². The Morgan fingerprint density at radius 3 is 2.77 bits per heavy atom. The predicted molar refractivity (Wildman–Crippen MR) is 117 cm³/mol. The summed E-state index contributed by atoms with van der Waals surface area (Å²) in [4.78, 5) is 31.0. The minimum atomic E-state index is -0.294. The Kier molecular flexibility index (Phi) is 6.18. The summed E-state index contributed by atoms with van der Waals surface area (Å²) in [5.74, 6) is -0.358. The van der Waals surface area contributed by atoms with E-state index in [9.17, 15) is 9.59 Å². The first-order chi connectivity index (χ1) is 15.1. The minimum absolute atomic E-state index is 0.0635. The molecule has 1 aliphatic heterocycles. The Labute approximate surface area is 180 Å². The van der Waals surface area contributed by atoms with Gasteiger partial charge in [0.25, 0.3) is 5.91 Å². The molecule has 1 saturated heterocycles. The monoisotopic (exact) mass is 417 g/mol. The van der Waals surface area contributed by atoms with Gasteiger partial charge in [0.05, 0.1) is 19.4 Å². The second-order valence-corrected chi connectivity index (χ2v) is 7.17. The van der Waals surface area contributed by atoms with E-state index >= 15 is 0 Å². The molecular weight excluding hydrogens is 394 g/mol. The quantitative estimate of drug-likeness (QED) is 0.645. The maximum atomic E-state index is 12.7. The van der Waals surface area contributed by atoms with E-state index in [1.807, 2.05) is 19.3 Å². The van der Waals surface area contributed by atoms with Gasteiger partial charge in [-0.05, 0) is 35.9 Å². The van der Waals surface area contributed by atoms with Crippen LogP contribution < -0.4 is 5.32 Å². The van der Waals surface area contributed by atoms with Crippen LogP contribution in [0.15, 0.2) is 61.2 Å². The highest BCUT2D eigenvalue weighted by Gasteiger charge is 2.18. The van der Waals surface area contributed by atoms with Gasteiger partial charge < -0.3 is 15.0 Å². The van der Waals surface area contributed by atoms with Gasteiger partial charge in [0.1, 0.15) is 0 Å². The van der Waals surface area contributed by atoms with E-state index in [0.29, 0.717) is 37.6 Å². The maximum absolute atomic E-state index is 12.7. The molecule has 31 heavy (non-hydrogen) atoms. The van der Waals surface area contributed by atoms with Crippen molar-refractivity contribution in [2.24, 2.45) is 7.05 Å². The summed E-state index contributed by atoms with van der Waals surface area (Å²) in [6, 6.07) is 8.84. The molecule has 4 rings (SSSR count). The second-order valence-electron chi connectivity index (χ2n) is 7.17. The second kappa shape index (κ2) is 9.36. The third kappa shape index (κ3) is 5.04. The summed E-state index contributed by atoms with van der Waals surface area (Å²) in [7, 11) is 1.85. The average molecular weight is 417 g/mol. The van der Waals surface area contributed by atoms with Gasteiger partial charge in [0, 0.05) is 67.2 Å². The van der Waals surface area contributed by atoms with Crippen molar-refractivity contribution in [2.75, 3.05) is 31.6 Å². The van der Waals surface area contributed by atoms with Crippen LogP contribution in [0.2, 0.25) is 0 Å². The molecule has 1 aliphatic rings. The number of rotatable bonds is 5. The molecule has 2 aromatic heterocycles. The summed E-state index contributed by atoms with van der Waals surface area (Å²) < 4.78 is 7.02. The average Bonchev–Trinajstić information content (AvgIpc) is 3.24. The van der Waals surface area contributed by atoms with Crippen LogP contribution in [0.5, 0.6) is 0 Å². The molecule has 0 aliphatic carbocycles. The topological polar surface area (TPSA) is 89.4 Å². The van der Waals surface area contributed by atoms with Crippen LogP contribution in [0.25, 0.3) is 17.2 Å². The number of anilines is 1. The number of morpholine rings is 1. The molecule has 8 heteroatoms. The molecule has 0 spiro atoms. The largest absolute Gasteiger partial charge is 0.378 e. The zero-order valence-corrected chi connectivity index (χ0v) is 17.2. The minimum Gasteiger partial charge on any atom is -0.378 e. The number of amides is 2. The first-order valence-corrected chi connectivity index (χ1v) is 9.99. The fourth-order valence-corrected chi connectivity index (χ4v) is 3.39. The fraction of sp³-hybridized carbons (Fsp3) is 0.217. The Morgan fingerprint density at radius 2 is 2.00 bits per heavy atom. The number of aromatic nitrogens is 3. The van der Waals surface area contributed by atoms with E-state index in [-0.39, 0.29) is 11.8 Å². The molecular formula is C23H23N5O3. The molecule has 0 unspecified atom stereocenters. The van der Waals surface area contributed by atoms with Crippen LogP contribution in [-0.2, 0) is 16.6 Å². The van der Waals surface area contributed by atoms with Crippen molar-refractivity contribution in [1.82, 2.24) is 19.7 Å². The Bertz CT molecular complexity index is 1120. The normalized spacial score (nSPS) is 14.0. The third-order valence-corrected chi connectivity index (χ3v) is 4.96. The van der Waals surface area contributed by atoms with Crippen LogP contribution >= 0.6 is 0 Å². The highest BCUT2D eigenvalue weighted by atomic mass is 16.5. The van der Waals surface area contributed by atoms with Gasteiger partial charge in [-0.1, -0.05) is 6.07 Å². The number of ether oxygens (including phenoxy) is 1. The lowest BCUT2D eigenvalue weighted by atomic mass is 10.0. The highest BCUT2D eigenvalue weighted by Crippen LogP contribution is 2.23. The van der Waals surface area contributed by atoms with Crippen LogP contribution in [0, 0.1) is 0 Å². The number of hydrogen-bond acceptors (Lipinski definition) is 5. The van der Waals surface area contributed by atoms with Crippen molar-refractivity contribution in [2.45, 2.75) is 0 Å². The van der Waals surface area contributed by atoms with E-state index in [4.69, 9.17) is 4.74 Å². The highest BCUT2D eigenvalue weighted by molar-refractivity contribution is 6.03. The number of nitrogens with zero attached hydrogens (tertiary/aromatic N) is 4. The molecule has 1 aromatic carbocycles. The summed E-state index contributed by atoms with van der Waals surface area (Å²) in [5.41, 5.74) is 3.79. The van der Waals surface area contributed by atoms with Crippen LogP contribution in [0.1, 0.15) is 15.9 Å². The standard InChI is InChI=1S/C23H23N5O3/c1-27-16-19(15-25-27)21-7-8-24-14-18(21)5-6-22(29)26-20-4-2-3-17(13-20)23(30)28-9-11-31-12-10-28/h2-8,13-16H,9-12H2,1H3,(H,26,29). The van der Waals surface area contributed by atoms with Gasteiger partial charge in [-0.15, -0.1) is 0 Å². The zero-order valence-electron chi connectivity index (χ0n) is 17.2. The predicted octanol–water partition coefficient (Wildman–Crippen LogP) is 2.61. The molecule has 3 aromatic rings. The Balaban J connectivity index is 1.45. The number of hydrogen-bond donors (Lipinski definition) is 1. The van der Waals surface area contributed by atoms with Crippen molar-refractivity contribution in [3.05, 3.63) is 72.3 Å². The molecule has 0 saturated carbocycles. The van der Waals surface area contributed by atoms with E-state index in [1.165, 1.54) is 6.08 Å². The van der Waals surface area contributed by atoms with Gasteiger partial charge in [-0.3, -0.25) is 19.3 Å². The maximum Gasteiger partial charge on any atom is 0.254 e. The molecule has 8 nitrogen and oxygen atoms in total. The van der Waals surface area contributed by atoms with Gasteiger partial charge in [-0.25, -0.2) is 0 Å². The number of carbonyl (C=O) groups excluding carboxylic acids is 2. The molecule has 1 fully saturated rings. The molecule has 0 radical (unpaired) electrons. The molecule has 158 valence electrons. The molecule has 0 atom stereocenters. The van der Waals surface area contributed by atoms with Gasteiger partial charge in [0.2, 0.25) is 5.91 Å². The van der Waals surface area contributed by atoms with Crippen molar-refractivity contribution >= 4 is 23.6 Å². The summed E-state index contributed by atoms with van der Waals surface area (Å²) >= 11 is 0. The number of benzene rings is 1. The first kappa shape index (κ1) is 20.5. The molecule has 3 heterocycles. The number of nitrogens with one attached hydrogen (secondary N) is 1. The first-order valence-electron chi connectivity index (χ1n) is 9.99. The molecule has 2 amide bonds. The summed E-state index contributed by atoms with van der Waals surface area (Å²) in [6.45, 7) is 2.23. The van der Waals surface area contributed by atoms with Gasteiger partial charge in [0.15, 0.2) is 0 Å². The van der Waals surface area contributed by atoms with Crippen molar-refractivity contribution < 1.29 is 14.3 Å². The van der Waals surface area contributed by atoms with Gasteiger partial charge >= 0.3 is 0 Å². The smallest absolute Gasteiger partial charge is 0.254 e. The Hall–Kier alpha value is -3.78. The van der Waals surface area contributed by atoms with E-state index in [0.717, 1.165) is 16.7 Å². The number of carbonyl (C=O) groups is 2. The van der Waals surface area contributed by atoms with Crippen LogP contribution in [-0.4, -0.2) is 57.8 Å². The summed E-state index contributed by atoms with van der Waals surface area (Å²) in [5, 5.41) is 7.01. The fourth-order valence-electron chi connectivity index (χ4n) is 3.39. The lowest BCUT2D eigenvalue weighted by Gasteiger charge is -2.27. The Morgan fingerprint density at radius 1 is 1.16 bits per heavy atom. The lowest BCUT2D eigenvalue weighted by molar-refractivity contribution is -0.111. The molecule has 1 N–H and O–H groups in total. The SMILES string of the molecule is Cn1cc(-c2ccncc2C=CC(=O)Nc2cccc(C(=O)N3CCOCC3)c2)cn1. The summed E-state index contributed by atoms with van der Waals surface area (Å²) in [6.07, 6.45) is 10.2. The lowest BCUT2D eigenvalue weighted by Crippen LogP contribution is -2.40. The van der Waals surface area contributed by atoms with Crippen molar-refractivity contribution in [3.63, 3.8) is 0 Å². The third-order valence-electron chi connectivity index (χ3n) is 4.96. The number of pyridine rings is 1. The van der Waals surface area contributed by atoms with E-state index < -0.39 is 0 Å². The van der Waals surface area contributed by atoms with E-state index in [2.05, 4.69) is 15.4 Å². The van der Waals surface area contributed by atoms with Crippen molar-refractivity contribution in [1.29, 1.82) is 0 Å². The number of aryl methyl sites for hydroxylation is 1. The van der Waals surface area contributed by atoms with Crippen LogP contribution in [0.3, 0.4) is 0 Å². The van der Waals surface area contributed by atoms with E-state index in [1.54, 1.807) is 58.5 Å². The van der Waals surface area contributed by atoms with Crippen LogP contribution in [0.4, 0.5) is 5.69 Å². The van der Waals surface area contributed by atoms with Gasteiger partial charge in [-0.2, -0.15) is 5.10 Å². The molecule has 0 bridgehead atoms.